The summed E-state index contributed by atoms with van der Waals surface area (Å²) in [5.41, 5.74) is -0.413. The van der Waals surface area contributed by atoms with Crippen LogP contribution in [0.15, 0.2) is 55.0 Å². The van der Waals surface area contributed by atoms with Gasteiger partial charge in [0.05, 0.1) is 29.8 Å². The topological polar surface area (TPSA) is 113 Å². The second-order valence-corrected chi connectivity index (χ2v) is 9.04. The summed E-state index contributed by atoms with van der Waals surface area (Å²) in [5, 5.41) is 3.74. The van der Waals surface area contributed by atoms with Gasteiger partial charge in [0, 0.05) is 43.6 Å². The molecule has 2 amide bonds. The first-order chi connectivity index (χ1) is 18.6. The van der Waals surface area contributed by atoms with E-state index in [0.717, 1.165) is 16.9 Å². The molecule has 202 valence electrons. The van der Waals surface area contributed by atoms with Crippen molar-refractivity contribution in [3.63, 3.8) is 0 Å². The highest BCUT2D eigenvalue weighted by atomic mass is 19.4. The lowest BCUT2D eigenvalue weighted by Gasteiger charge is -2.39. The number of H-pyrrole nitrogens is 1. The molecule has 0 saturated carbocycles. The summed E-state index contributed by atoms with van der Waals surface area (Å²) in [7, 11) is 1.35. The molecule has 4 aromatic rings. The van der Waals surface area contributed by atoms with Gasteiger partial charge in [-0.15, -0.1) is 0 Å². The zero-order chi connectivity index (χ0) is 27.9. The number of fused-ring (bicyclic) bond motifs is 1. The highest BCUT2D eigenvalue weighted by Crippen LogP contribution is 2.33. The van der Waals surface area contributed by atoms with E-state index in [1.807, 2.05) is 6.07 Å². The first-order valence-corrected chi connectivity index (χ1v) is 12.0. The number of nitrogens with zero attached hydrogens (tertiary/aromatic N) is 5. The molecule has 0 unspecified atom stereocenters. The monoisotopic (exact) mass is 540 g/mol. The van der Waals surface area contributed by atoms with E-state index in [-0.39, 0.29) is 59.6 Å². The number of aromatic amines is 1. The third-order valence-electron chi connectivity index (χ3n) is 6.61. The Bertz CT molecular complexity index is 1560. The van der Waals surface area contributed by atoms with Crippen LogP contribution in [0.25, 0.3) is 16.7 Å². The predicted octanol–water partition coefficient (Wildman–Crippen LogP) is 3.33. The van der Waals surface area contributed by atoms with E-state index in [0.29, 0.717) is 5.56 Å². The molecule has 0 aliphatic carbocycles. The molecule has 1 saturated heterocycles. The van der Waals surface area contributed by atoms with Crippen molar-refractivity contribution in [3.8, 4) is 11.6 Å². The number of ether oxygens (including phenoxy) is 1. The lowest BCUT2D eigenvalue weighted by molar-refractivity contribution is -0.141. The SMILES string of the molecule is COc1cnc(-n2ccc(C(F)(F)F)n2)c2[nH]cc(C(=O)C(=O)N3CCN(C(=O)c4ccccc4)[C@H](C)C3)c12. The number of piperazine rings is 1. The van der Waals surface area contributed by atoms with E-state index in [2.05, 4.69) is 15.1 Å². The summed E-state index contributed by atoms with van der Waals surface area (Å²) in [5.74, 6) is -1.61. The number of alkyl halides is 3. The Morgan fingerprint density at radius 2 is 1.85 bits per heavy atom. The summed E-state index contributed by atoms with van der Waals surface area (Å²) in [6, 6.07) is 9.27. The maximum Gasteiger partial charge on any atom is 0.435 e. The van der Waals surface area contributed by atoms with Gasteiger partial charge in [-0.25, -0.2) is 9.67 Å². The van der Waals surface area contributed by atoms with Crippen molar-refractivity contribution in [1.29, 1.82) is 0 Å². The van der Waals surface area contributed by atoms with Crippen LogP contribution in [0, 0.1) is 0 Å². The van der Waals surface area contributed by atoms with Crippen LogP contribution in [0.3, 0.4) is 0 Å². The minimum absolute atomic E-state index is 0.00513. The number of aromatic nitrogens is 4. The van der Waals surface area contributed by atoms with E-state index in [4.69, 9.17) is 4.74 Å². The molecule has 1 aliphatic rings. The summed E-state index contributed by atoms with van der Waals surface area (Å²) >= 11 is 0. The van der Waals surface area contributed by atoms with Gasteiger partial charge in [0.2, 0.25) is 0 Å². The number of methoxy groups -OCH3 is 1. The number of hydrogen-bond donors (Lipinski definition) is 1. The fraction of sp³-hybridized carbons (Fsp3) is 0.269. The van der Waals surface area contributed by atoms with Crippen LogP contribution < -0.4 is 4.74 Å². The van der Waals surface area contributed by atoms with Crippen LogP contribution in [0.4, 0.5) is 13.2 Å². The van der Waals surface area contributed by atoms with Crippen LogP contribution in [-0.4, -0.2) is 79.9 Å². The Labute approximate surface area is 220 Å². The van der Waals surface area contributed by atoms with Crippen LogP contribution in [-0.2, 0) is 11.0 Å². The first-order valence-electron chi connectivity index (χ1n) is 12.0. The lowest BCUT2D eigenvalue weighted by Crippen LogP contribution is -2.56. The van der Waals surface area contributed by atoms with E-state index in [1.165, 1.54) is 24.4 Å². The number of carbonyl (C=O) groups excluding carboxylic acids is 3. The van der Waals surface area contributed by atoms with Crippen LogP contribution >= 0.6 is 0 Å². The molecule has 1 aromatic carbocycles. The molecule has 1 atom stereocenters. The number of hydrogen-bond acceptors (Lipinski definition) is 6. The number of benzene rings is 1. The number of rotatable bonds is 5. The lowest BCUT2D eigenvalue weighted by atomic mass is 10.1. The Hall–Kier alpha value is -4.68. The maximum absolute atomic E-state index is 13.4. The summed E-state index contributed by atoms with van der Waals surface area (Å²) in [6.07, 6.45) is -1.00. The molecular formula is C26H23F3N6O4. The Kier molecular flexibility index (Phi) is 6.58. The van der Waals surface area contributed by atoms with Crippen LogP contribution in [0.2, 0.25) is 0 Å². The Morgan fingerprint density at radius 3 is 2.49 bits per heavy atom. The molecule has 1 N–H and O–H groups in total. The van der Waals surface area contributed by atoms with E-state index >= 15 is 0 Å². The summed E-state index contributed by atoms with van der Waals surface area (Å²) in [6.45, 7) is 2.37. The van der Waals surface area contributed by atoms with Gasteiger partial charge in [-0.05, 0) is 25.1 Å². The zero-order valence-electron chi connectivity index (χ0n) is 20.9. The molecular weight excluding hydrogens is 517 g/mol. The Balaban J connectivity index is 1.40. The van der Waals surface area contributed by atoms with Crippen molar-refractivity contribution in [2.75, 3.05) is 26.7 Å². The minimum atomic E-state index is -4.65. The number of carbonyl (C=O) groups is 3. The van der Waals surface area contributed by atoms with Crippen molar-refractivity contribution < 1.29 is 32.3 Å². The molecule has 0 spiro atoms. The quantitative estimate of drug-likeness (QED) is 0.307. The predicted molar refractivity (Wildman–Crippen MR) is 133 cm³/mol. The van der Waals surface area contributed by atoms with E-state index < -0.39 is 23.6 Å². The molecule has 39 heavy (non-hydrogen) atoms. The molecule has 1 aliphatic heterocycles. The van der Waals surface area contributed by atoms with Crippen LogP contribution in [0.5, 0.6) is 5.75 Å². The first kappa shape index (κ1) is 25.9. The minimum Gasteiger partial charge on any atom is -0.494 e. The van der Waals surface area contributed by atoms with Crippen molar-refractivity contribution >= 4 is 28.5 Å². The van der Waals surface area contributed by atoms with E-state index in [1.54, 1.807) is 36.1 Å². The average molecular weight is 541 g/mol. The van der Waals surface area contributed by atoms with Crippen molar-refractivity contribution in [2.45, 2.75) is 19.1 Å². The van der Waals surface area contributed by atoms with Crippen molar-refractivity contribution in [2.24, 2.45) is 0 Å². The average Bonchev–Trinajstić information content (AvgIpc) is 3.60. The van der Waals surface area contributed by atoms with Gasteiger partial charge in [-0.3, -0.25) is 14.4 Å². The fourth-order valence-electron chi connectivity index (χ4n) is 4.65. The molecule has 1 fully saturated rings. The smallest absolute Gasteiger partial charge is 0.435 e. The molecule has 0 radical (unpaired) electrons. The molecule has 4 heterocycles. The third-order valence-corrected chi connectivity index (χ3v) is 6.61. The molecule has 3 aromatic heterocycles. The number of amides is 2. The van der Waals surface area contributed by atoms with Gasteiger partial charge in [0.1, 0.15) is 5.75 Å². The van der Waals surface area contributed by atoms with E-state index in [9.17, 15) is 27.6 Å². The number of halogens is 3. The highest BCUT2D eigenvalue weighted by Gasteiger charge is 2.36. The number of Topliss-reactive ketones (excluding diaryl/α,β-unsaturated/α-hetero) is 1. The largest absolute Gasteiger partial charge is 0.494 e. The number of nitrogens with one attached hydrogen (secondary N) is 1. The molecule has 0 bridgehead atoms. The standard InChI is InChI=1S/C26H23F3N6O4/c1-15-14-33(10-11-34(15)24(37)16-6-4-3-5-7-16)25(38)22(36)17-12-30-21-20(17)18(39-2)13-31-23(21)35-9-8-19(32-35)26(27,28)29/h3-9,12-13,15,30H,10-11,14H2,1-2H3/t15-/m1/s1. The molecule has 10 nitrogen and oxygen atoms in total. The van der Waals surface area contributed by atoms with Crippen LogP contribution in [0.1, 0.15) is 33.3 Å². The second-order valence-electron chi connectivity index (χ2n) is 9.04. The zero-order valence-corrected chi connectivity index (χ0v) is 20.9. The van der Waals surface area contributed by atoms with Gasteiger partial charge in [-0.2, -0.15) is 18.3 Å². The van der Waals surface area contributed by atoms with Gasteiger partial charge < -0.3 is 19.5 Å². The summed E-state index contributed by atoms with van der Waals surface area (Å²) in [4.78, 5) is 49.6. The molecule has 13 heteroatoms. The van der Waals surface area contributed by atoms with Gasteiger partial charge >= 0.3 is 6.18 Å². The fourth-order valence-corrected chi connectivity index (χ4v) is 4.65. The van der Waals surface area contributed by atoms with Gasteiger partial charge in [0.25, 0.3) is 17.6 Å². The summed E-state index contributed by atoms with van der Waals surface area (Å²) < 4.78 is 45.5. The maximum atomic E-state index is 13.4. The molecule has 5 rings (SSSR count). The second kappa shape index (κ2) is 9.89. The number of ketones is 1. The highest BCUT2D eigenvalue weighted by molar-refractivity contribution is 6.45. The van der Waals surface area contributed by atoms with Gasteiger partial charge in [0.15, 0.2) is 11.5 Å². The van der Waals surface area contributed by atoms with Crippen molar-refractivity contribution in [1.82, 2.24) is 29.5 Å². The normalized spacial score (nSPS) is 16.0. The third kappa shape index (κ3) is 4.71. The number of pyridine rings is 1. The van der Waals surface area contributed by atoms with Crippen molar-refractivity contribution in [3.05, 3.63) is 71.8 Å². The Morgan fingerprint density at radius 1 is 1.10 bits per heavy atom. The van der Waals surface area contributed by atoms with Gasteiger partial charge in [-0.1, -0.05) is 18.2 Å².